The lowest BCUT2D eigenvalue weighted by molar-refractivity contribution is -0.122. The van der Waals surface area contributed by atoms with E-state index in [9.17, 15) is 19.2 Å². The number of thiazole rings is 1. The van der Waals surface area contributed by atoms with Crippen LogP contribution in [0.5, 0.6) is 0 Å². The van der Waals surface area contributed by atoms with Gasteiger partial charge in [-0.15, -0.1) is 0 Å². The fourth-order valence-electron chi connectivity index (χ4n) is 5.49. The fourth-order valence-corrected chi connectivity index (χ4v) is 8.50. The van der Waals surface area contributed by atoms with Gasteiger partial charge in [0.25, 0.3) is 0 Å². The van der Waals surface area contributed by atoms with Gasteiger partial charge in [-0.2, -0.15) is 0 Å². The summed E-state index contributed by atoms with van der Waals surface area (Å²) in [6, 6.07) is 23.9. The highest BCUT2D eigenvalue weighted by atomic mass is 79.9. The Morgan fingerprint density at radius 3 is 2.46 bits per heavy atom. The molecule has 7 rings (SSSR count). The average Bonchev–Trinajstić information content (AvgIpc) is 3.66. The molecule has 2 unspecified atom stereocenters. The summed E-state index contributed by atoms with van der Waals surface area (Å²) in [6.07, 6.45) is 1.51. The predicted octanol–water partition coefficient (Wildman–Crippen LogP) is 5.85. The summed E-state index contributed by atoms with van der Waals surface area (Å²) >= 11 is 5.55. The number of carbonyl (C=O) groups is 3. The third-order valence-electron chi connectivity index (χ3n) is 7.32. The number of thioether (sulfide) groups is 1. The highest BCUT2D eigenvalue weighted by Gasteiger charge is 2.57. The van der Waals surface area contributed by atoms with Crippen LogP contribution in [0.3, 0.4) is 0 Å². The first kappa shape index (κ1) is 26.0. The van der Waals surface area contributed by atoms with Crippen molar-refractivity contribution in [3.8, 4) is 0 Å². The number of nitrogens with one attached hydrogen (secondary N) is 1. The Morgan fingerprint density at radius 1 is 0.927 bits per heavy atom. The van der Waals surface area contributed by atoms with Crippen molar-refractivity contribution in [1.82, 2.24) is 4.57 Å². The Hall–Kier alpha value is -3.93. The number of benzene rings is 3. The van der Waals surface area contributed by atoms with Crippen LogP contribution in [0.25, 0.3) is 10.8 Å². The molecule has 1 fully saturated rings. The van der Waals surface area contributed by atoms with Gasteiger partial charge in [0.05, 0.1) is 33.7 Å². The third kappa shape index (κ3) is 4.44. The number of imide groups is 1. The zero-order chi connectivity index (χ0) is 28.2. The summed E-state index contributed by atoms with van der Waals surface area (Å²) in [5, 5.41) is 4.65. The van der Waals surface area contributed by atoms with Crippen LogP contribution >= 0.6 is 39.0 Å². The SMILES string of the molecule is O=C(Cn1c2c(sc1=O)[C@H](c1ccco1)C1C(=O)N(c3ccc(Br)cc3)C(=O)C1S2)Nc1ccc2ccccc2c1. The molecule has 2 aliphatic heterocycles. The van der Waals surface area contributed by atoms with E-state index < -0.39 is 17.1 Å². The van der Waals surface area contributed by atoms with Crippen molar-refractivity contribution in [3.63, 3.8) is 0 Å². The Labute approximate surface area is 250 Å². The molecule has 1 saturated heterocycles. The number of halogens is 1. The number of furan rings is 1. The van der Waals surface area contributed by atoms with Crippen LogP contribution in [-0.4, -0.2) is 27.5 Å². The summed E-state index contributed by atoms with van der Waals surface area (Å²) in [5.74, 6) is -1.97. The van der Waals surface area contributed by atoms with Crippen molar-refractivity contribution in [2.75, 3.05) is 10.2 Å². The normalized spacial score (nSPS) is 19.8. The monoisotopic (exact) mass is 645 g/mol. The zero-order valence-corrected chi connectivity index (χ0v) is 24.4. The molecule has 1 N–H and O–H groups in total. The molecule has 41 heavy (non-hydrogen) atoms. The number of fused-ring (bicyclic) bond motifs is 3. The van der Waals surface area contributed by atoms with Gasteiger partial charge in [-0.3, -0.25) is 23.7 Å². The van der Waals surface area contributed by atoms with Crippen LogP contribution in [0.1, 0.15) is 16.6 Å². The molecule has 0 radical (unpaired) electrons. The number of hydrogen-bond donors (Lipinski definition) is 1. The van der Waals surface area contributed by atoms with Crippen molar-refractivity contribution in [1.29, 1.82) is 0 Å². The minimum absolute atomic E-state index is 0.231. The fraction of sp³-hybridized carbons (Fsp3) is 0.133. The molecule has 0 saturated carbocycles. The molecule has 3 aromatic carbocycles. The van der Waals surface area contributed by atoms with Gasteiger partial charge in [-0.05, 0) is 59.3 Å². The molecule has 0 bridgehead atoms. The van der Waals surface area contributed by atoms with E-state index in [4.69, 9.17) is 4.42 Å². The van der Waals surface area contributed by atoms with E-state index in [0.29, 0.717) is 27.0 Å². The molecular weight excluding hydrogens is 626 g/mol. The predicted molar refractivity (Wildman–Crippen MR) is 161 cm³/mol. The summed E-state index contributed by atoms with van der Waals surface area (Å²) in [4.78, 5) is 55.4. The average molecular weight is 647 g/mol. The summed E-state index contributed by atoms with van der Waals surface area (Å²) < 4.78 is 7.96. The number of anilines is 2. The minimum Gasteiger partial charge on any atom is -0.469 e. The Bertz CT molecular complexity index is 1900. The van der Waals surface area contributed by atoms with Crippen LogP contribution in [0.15, 0.2) is 104 Å². The molecule has 5 aromatic rings. The second-order valence-corrected chi connectivity index (χ2v) is 12.8. The summed E-state index contributed by atoms with van der Waals surface area (Å²) in [7, 11) is 0. The van der Waals surface area contributed by atoms with Crippen LogP contribution < -0.4 is 15.1 Å². The van der Waals surface area contributed by atoms with Crippen molar-refractivity contribution in [2.45, 2.75) is 22.7 Å². The van der Waals surface area contributed by atoms with Crippen LogP contribution in [0.2, 0.25) is 0 Å². The first-order valence-electron chi connectivity index (χ1n) is 12.7. The molecule has 0 aliphatic carbocycles. The molecule has 204 valence electrons. The number of carbonyl (C=O) groups excluding carboxylic acids is 3. The Balaban J connectivity index is 1.23. The van der Waals surface area contributed by atoms with Gasteiger partial charge in [-0.1, -0.05) is 69.4 Å². The standard InChI is InChI=1S/C30H20BrN3O5S2/c31-18-8-11-20(12-9-18)34-27(36)24-23(21-6-3-13-39-21)26-29(40-25(24)28(34)37)33(30(38)41-26)15-22(35)32-19-10-7-16-4-1-2-5-17(16)14-19/h1-14,23-25H,15H2,(H,32,35)/t23-,24?,25?/m1/s1. The van der Waals surface area contributed by atoms with Crippen molar-refractivity contribution < 1.29 is 18.8 Å². The van der Waals surface area contributed by atoms with Gasteiger partial charge >= 0.3 is 4.87 Å². The molecule has 2 aromatic heterocycles. The number of hydrogen-bond acceptors (Lipinski definition) is 7. The van der Waals surface area contributed by atoms with Crippen molar-refractivity contribution >= 4 is 78.9 Å². The molecule has 3 atom stereocenters. The van der Waals surface area contributed by atoms with Crippen LogP contribution in [0, 0.1) is 5.92 Å². The smallest absolute Gasteiger partial charge is 0.308 e. The van der Waals surface area contributed by atoms with E-state index in [1.54, 1.807) is 36.4 Å². The zero-order valence-electron chi connectivity index (χ0n) is 21.2. The molecular formula is C30H20BrN3O5S2. The molecule has 11 heteroatoms. The van der Waals surface area contributed by atoms with Crippen molar-refractivity contribution in [2.24, 2.45) is 5.92 Å². The number of nitrogens with zero attached hydrogens (tertiary/aromatic N) is 2. The van der Waals surface area contributed by atoms with Crippen LogP contribution in [-0.2, 0) is 20.9 Å². The second kappa shape index (κ2) is 10.2. The van der Waals surface area contributed by atoms with Gasteiger partial charge in [-0.25, -0.2) is 4.90 Å². The first-order valence-corrected chi connectivity index (χ1v) is 15.2. The summed E-state index contributed by atoms with van der Waals surface area (Å²) in [5.41, 5.74) is 1.10. The quantitative estimate of drug-likeness (QED) is 0.241. The number of amides is 3. The second-order valence-electron chi connectivity index (χ2n) is 9.78. The highest BCUT2D eigenvalue weighted by molar-refractivity contribution is 9.10. The lowest BCUT2D eigenvalue weighted by Gasteiger charge is -2.29. The van der Waals surface area contributed by atoms with E-state index in [1.165, 1.54) is 27.5 Å². The maximum atomic E-state index is 13.8. The molecule has 4 heterocycles. The number of rotatable bonds is 5. The summed E-state index contributed by atoms with van der Waals surface area (Å²) in [6.45, 7) is -0.231. The van der Waals surface area contributed by atoms with E-state index in [2.05, 4.69) is 21.2 Å². The van der Waals surface area contributed by atoms with Gasteiger partial charge in [0, 0.05) is 10.2 Å². The first-order chi connectivity index (χ1) is 19.9. The third-order valence-corrected chi connectivity index (χ3v) is 10.5. The molecule has 0 spiro atoms. The highest BCUT2D eigenvalue weighted by Crippen LogP contribution is 2.54. The minimum atomic E-state index is -0.780. The maximum absolute atomic E-state index is 13.8. The van der Waals surface area contributed by atoms with E-state index >= 15 is 0 Å². The molecule has 3 amide bonds. The largest absolute Gasteiger partial charge is 0.469 e. The Kier molecular flexibility index (Phi) is 6.44. The molecule has 2 aliphatic rings. The molecule has 8 nitrogen and oxygen atoms in total. The van der Waals surface area contributed by atoms with Gasteiger partial charge in [0.15, 0.2) is 0 Å². The van der Waals surface area contributed by atoms with Gasteiger partial charge in [0.2, 0.25) is 17.7 Å². The van der Waals surface area contributed by atoms with E-state index in [0.717, 1.165) is 26.6 Å². The van der Waals surface area contributed by atoms with Gasteiger partial charge in [0.1, 0.15) is 17.6 Å². The van der Waals surface area contributed by atoms with Gasteiger partial charge < -0.3 is 9.73 Å². The lowest BCUT2D eigenvalue weighted by Crippen LogP contribution is -2.32. The lowest BCUT2D eigenvalue weighted by atomic mass is 9.87. The number of aromatic nitrogens is 1. The van der Waals surface area contributed by atoms with E-state index in [-0.39, 0.29) is 29.1 Å². The van der Waals surface area contributed by atoms with Crippen LogP contribution in [0.4, 0.5) is 11.4 Å². The topological polar surface area (TPSA) is 102 Å². The van der Waals surface area contributed by atoms with Crippen molar-refractivity contribution in [3.05, 3.63) is 110 Å². The Morgan fingerprint density at radius 2 is 1.71 bits per heavy atom. The van der Waals surface area contributed by atoms with E-state index in [1.807, 2.05) is 42.5 Å². The maximum Gasteiger partial charge on any atom is 0.308 e.